The topological polar surface area (TPSA) is 41.5 Å². The van der Waals surface area contributed by atoms with Gasteiger partial charge in [0.15, 0.2) is 5.17 Å². The van der Waals surface area contributed by atoms with Gasteiger partial charge in [0.2, 0.25) is 5.91 Å². The van der Waals surface area contributed by atoms with Crippen molar-refractivity contribution in [3.05, 3.63) is 34.9 Å². The van der Waals surface area contributed by atoms with Gasteiger partial charge in [0.1, 0.15) is 0 Å². The molecule has 1 rings (SSSR count). The van der Waals surface area contributed by atoms with E-state index < -0.39 is 30.0 Å². The molecule has 1 amide bonds. The number of thioether (sulfide) groups is 1. The summed E-state index contributed by atoms with van der Waals surface area (Å²) in [6.07, 6.45) is -8.01. The van der Waals surface area contributed by atoms with Gasteiger partial charge in [-0.3, -0.25) is 9.79 Å². The smallest absolute Gasteiger partial charge is 0.305 e. The third-order valence-corrected chi connectivity index (χ3v) is 3.70. The SMILES string of the molecule is CSC(=NCc1cc(C(F)(F)F)cc(C(F)(F)F)c1)NC(=O)CC(C)C. The van der Waals surface area contributed by atoms with E-state index in [1.54, 1.807) is 6.26 Å². The zero-order valence-electron chi connectivity index (χ0n) is 14.3. The number of nitrogens with one attached hydrogen (secondary N) is 1. The number of halogens is 6. The summed E-state index contributed by atoms with van der Waals surface area (Å²) in [4.78, 5) is 15.6. The summed E-state index contributed by atoms with van der Waals surface area (Å²) in [6.45, 7) is 3.23. The summed E-state index contributed by atoms with van der Waals surface area (Å²) in [5, 5.41) is 2.61. The number of carbonyl (C=O) groups excluding carboxylic acids is 1. The molecule has 0 heterocycles. The predicted octanol–water partition coefficient (Wildman–Crippen LogP) is 5.11. The van der Waals surface area contributed by atoms with E-state index in [-0.39, 0.29) is 35.0 Å². The molecule has 0 saturated heterocycles. The van der Waals surface area contributed by atoms with Crippen LogP contribution in [0, 0.1) is 5.92 Å². The maximum absolute atomic E-state index is 12.8. The first-order valence-corrected chi connectivity index (χ1v) is 8.72. The molecule has 0 aliphatic carbocycles. The molecule has 1 aromatic rings. The fraction of sp³-hybridized carbons (Fsp3) is 0.500. The summed E-state index contributed by atoms with van der Waals surface area (Å²) in [5.74, 6) is -0.232. The standard InChI is InChI=1S/C16H18F6N2OS/c1-9(2)4-13(25)24-14(26-3)23-8-10-5-11(15(17,18)19)7-12(6-10)16(20,21)22/h5-7,9H,4,8H2,1-3H3,(H,23,24,25). The van der Waals surface area contributed by atoms with Gasteiger partial charge in [0, 0.05) is 6.42 Å². The quantitative estimate of drug-likeness (QED) is 0.434. The van der Waals surface area contributed by atoms with Crippen molar-refractivity contribution in [3.63, 3.8) is 0 Å². The maximum atomic E-state index is 12.8. The van der Waals surface area contributed by atoms with Crippen LogP contribution < -0.4 is 5.32 Å². The van der Waals surface area contributed by atoms with Crippen molar-refractivity contribution in [1.82, 2.24) is 5.32 Å². The highest BCUT2D eigenvalue weighted by molar-refractivity contribution is 8.13. The number of rotatable bonds is 4. The van der Waals surface area contributed by atoms with Crippen LogP contribution in [0.25, 0.3) is 0 Å². The van der Waals surface area contributed by atoms with E-state index >= 15 is 0 Å². The fourth-order valence-electron chi connectivity index (χ4n) is 1.97. The zero-order valence-corrected chi connectivity index (χ0v) is 15.1. The van der Waals surface area contributed by atoms with Crippen LogP contribution in [0.1, 0.15) is 37.0 Å². The minimum atomic E-state index is -4.91. The highest BCUT2D eigenvalue weighted by atomic mass is 32.2. The summed E-state index contributed by atoms with van der Waals surface area (Å²) < 4.78 is 77.0. The van der Waals surface area contributed by atoms with Crippen LogP contribution in [0.3, 0.4) is 0 Å². The van der Waals surface area contributed by atoms with Crippen LogP contribution in [-0.4, -0.2) is 17.3 Å². The lowest BCUT2D eigenvalue weighted by atomic mass is 10.0. The average Bonchev–Trinajstić information content (AvgIpc) is 2.48. The molecule has 0 aliphatic rings. The van der Waals surface area contributed by atoms with Crippen LogP contribution in [0.5, 0.6) is 0 Å². The lowest BCUT2D eigenvalue weighted by Gasteiger charge is -2.14. The molecule has 146 valence electrons. The van der Waals surface area contributed by atoms with Gasteiger partial charge in [-0.15, -0.1) is 0 Å². The Labute approximate surface area is 151 Å². The third kappa shape index (κ3) is 7.27. The minimum absolute atomic E-state index is 0.0626. The van der Waals surface area contributed by atoms with E-state index in [2.05, 4.69) is 10.3 Å². The Morgan fingerprint density at radius 3 is 1.96 bits per heavy atom. The number of nitrogens with zero attached hydrogens (tertiary/aromatic N) is 1. The van der Waals surface area contributed by atoms with Crippen molar-refractivity contribution in [1.29, 1.82) is 0 Å². The van der Waals surface area contributed by atoms with Gasteiger partial charge >= 0.3 is 12.4 Å². The average molecular weight is 400 g/mol. The summed E-state index contributed by atoms with van der Waals surface area (Å²) >= 11 is 1.04. The Morgan fingerprint density at radius 2 is 1.58 bits per heavy atom. The van der Waals surface area contributed by atoms with Crippen LogP contribution in [0.4, 0.5) is 26.3 Å². The van der Waals surface area contributed by atoms with Crippen LogP contribution in [0.15, 0.2) is 23.2 Å². The molecular formula is C16H18F6N2OS. The Bertz CT molecular complexity index is 635. The molecule has 1 N–H and O–H groups in total. The van der Waals surface area contributed by atoms with Gasteiger partial charge in [-0.1, -0.05) is 25.6 Å². The van der Waals surface area contributed by atoms with Gasteiger partial charge in [-0.25, -0.2) is 0 Å². The van der Waals surface area contributed by atoms with E-state index in [4.69, 9.17) is 0 Å². The van der Waals surface area contributed by atoms with Gasteiger partial charge in [0.25, 0.3) is 0 Å². The second-order valence-electron chi connectivity index (χ2n) is 5.89. The van der Waals surface area contributed by atoms with Crippen LogP contribution in [-0.2, 0) is 23.7 Å². The summed E-state index contributed by atoms with van der Waals surface area (Å²) in [5.41, 5.74) is -3.05. The van der Waals surface area contributed by atoms with E-state index in [0.29, 0.717) is 12.1 Å². The number of alkyl halides is 6. The van der Waals surface area contributed by atoms with E-state index in [0.717, 1.165) is 11.8 Å². The lowest BCUT2D eigenvalue weighted by molar-refractivity contribution is -0.143. The van der Waals surface area contributed by atoms with Crippen molar-refractivity contribution in [2.75, 3.05) is 6.26 Å². The van der Waals surface area contributed by atoms with E-state index in [1.807, 2.05) is 13.8 Å². The molecule has 0 bridgehead atoms. The number of amides is 1. The molecule has 10 heteroatoms. The number of aliphatic imine (C=N–C) groups is 1. The van der Waals surface area contributed by atoms with Crippen molar-refractivity contribution in [2.45, 2.75) is 39.2 Å². The molecule has 0 aromatic heterocycles. The Balaban J connectivity index is 3.08. The van der Waals surface area contributed by atoms with Gasteiger partial charge in [0.05, 0.1) is 17.7 Å². The Morgan fingerprint density at radius 1 is 1.08 bits per heavy atom. The second kappa shape index (κ2) is 8.79. The molecule has 1 aromatic carbocycles. The first-order valence-electron chi connectivity index (χ1n) is 7.49. The number of hydrogen-bond acceptors (Lipinski definition) is 3. The summed E-state index contributed by atoms with van der Waals surface area (Å²) in [6, 6.07) is 1.30. The highest BCUT2D eigenvalue weighted by Crippen LogP contribution is 2.36. The number of benzene rings is 1. The van der Waals surface area contributed by atoms with Gasteiger partial charge in [-0.2, -0.15) is 26.3 Å². The highest BCUT2D eigenvalue weighted by Gasteiger charge is 2.36. The van der Waals surface area contributed by atoms with Crippen molar-refractivity contribution < 1.29 is 31.1 Å². The molecule has 0 fully saturated rings. The van der Waals surface area contributed by atoms with Crippen molar-refractivity contribution in [3.8, 4) is 0 Å². The molecular weight excluding hydrogens is 382 g/mol. The first kappa shape index (κ1) is 22.3. The summed E-state index contributed by atoms with van der Waals surface area (Å²) in [7, 11) is 0. The lowest BCUT2D eigenvalue weighted by Crippen LogP contribution is -2.29. The van der Waals surface area contributed by atoms with Gasteiger partial charge < -0.3 is 5.32 Å². The zero-order chi connectivity index (χ0) is 20.1. The minimum Gasteiger partial charge on any atom is -0.305 e. The molecule has 26 heavy (non-hydrogen) atoms. The number of hydrogen-bond donors (Lipinski definition) is 1. The molecule has 0 spiro atoms. The normalized spacial score (nSPS) is 13.2. The molecule has 0 atom stereocenters. The molecule has 0 radical (unpaired) electrons. The third-order valence-electron chi connectivity index (χ3n) is 3.09. The Kier molecular flexibility index (Phi) is 7.55. The molecule has 3 nitrogen and oxygen atoms in total. The van der Waals surface area contributed by atoms with Crippen LogP contribution >= 0.6 is 11.8 Å². The fourth-order valence-corrected chi connectivity index (χ4v) is 2.38. The molecule has 0 unspecified atom stereocenters. The van der Waals surface area contributed by atoms with E-state index in [1.165, 1.54) is 0 Å². The van der Waals surface area contributed by atoms with Crippen molar-refractivity contribution in [2.24, 2.45) is 10.9 Å². The number of amidine groups is 1. The predicted molar refractivity (Wildman–Crippen MR) is 88.7 cm³/mol. The number of carbonyl (C=O) groups is 1. The largest absolute Gasteiger partial charge is 0.416 e. The monoisotopic (exact) mass is 400 g/mol. The van der Waals surface area contributed by atoms with Crippen molar-refractivity contribution >= 4 is 22.8 Å². The van der Waals surface area contributed by atoms with Gasteiger partial charge in [-0.05, 0) is 35.9 Å². The van der Waals surface area contributed by atoms with E-state index in [9.17, 15) is 31.1 Å². The second-order valence-corrected chi connectivity index (χ2v) is 6.68. The Hall–Kier alpha value is -1.71. The first-order chi connectivity index (χ1) is 11.8. The van der Waals surface area contributed by atoms with Crippen LogP contribution in [0.2, 0.25) is 0 Å². The molecule has 0 saturated carbocycles. The molecule has 0 aliphatic heterocycles. The maximum Gasteiger partial charge on any atom is 0.416 e.